The van der Waals surface area contributed by atoms with Crippen LogP contribution in [0.3, 0.4) is 0 Å². The summed E-state index contributed by atoms with van der Waals surface area (Å²) < 4.78 is 13.1. The number of nitrogens with zero attached hydrogens (tertiary/aromatic N) is 2. The second-order valence-corrected chi connectivity index (χ2v) is 12.9. The van der Waals surface area contributed by atoms with Crippen molar-refractivity contribution in [3.05, 3.63) is 158 Å². The van der Waals surface area contributed by atoms with Crippen LogP contribution in [-0.2, 0) is 0 Å². The fourth-order valence-corrected chi connectivity index (χ4v) is 7.70. The van der Waals surface area contributed by atoms with Crippen LogP contribution in [0.1, 0.15) is 0 Å². The molecule has 0 aliphatic rings. The lowest BCUT2D eigenvalue weighted by molar-refractivity contribution is 0.669. The van der Waals surface area contributed by atoms with Gasteiger partial charge in [-0.25, -0.2) is 9.97 Å². The number of benzene rings is 8. The molecule has 0 saturated heterocycles. The summed E-state index contributed by atoms with van der Waals surface area (Å²) in [7, 11) is 0. The molecule has 0 aliphatic heterocycles. The van der Waals surface area contributed by atoms with Crippen LogP contribution in [-0.4, -0.2) is 9.97 Å². The van der Waals surface area contributed by atoms with Gasteiger partial charge in [0.05, 0.1) is 11.2 Å². The van der Waals surface area contributed by atoms with E-state index >= 15 is 0 Å². The van der Waals surface area contributed by atoms with Gasteiger partial charge in [0.15, 0.2) is 5.82 Å². The van der Waals surface area contributed by atoms with E-state index in [-0.39, 0.29) is 0 Å². The first-order valence-electron chi connectivity index (χ1n) is 16.8. The van der Waals surface area contributed by atoms with Gasteiger partial charge in [0, 0.05) is 43.4 Å². The van der Waals surface area contributed by atoms with Crippen LogP contribution in [0.4, 0.5) is 0 Å². The van der Waals surface area contributed by atoms with Crippen LogP contribution in [0.25, 0.3) is 110 Å². The molecule has 0 fully saturated rings. The third-order valence-electron chi connectivity index (χ3n) is 10.1. The van der Waals surface area contributed by atoms with Crippen LogP contribution in [0.15, 0.2) is 167 Å². The molecule has 8 aromatic carbocycles. The molecular weight excluding hydrogens is 613 g/mol. The zero-order valence-corrected chi connectivity index (χ0v) is 26.7. The van der Waals surface area contributed by atoms with E-state index in [1.165, 1.54) is 10.8 Å². The predicted octanol–water partition coefficient (Wildman–Crippen LogP) is 12.7. The summed E-state index contributed by atoms with van der Waals surface area (Å²) >= 11 is 0. The molecule has 0 bridgehead atoms. The van der Waals surface area contributed by atoms with E-state index in [4.69, 9.17) is 18.8 Å². The van der Waals surface area contributed by atoms with Crippen LogP contribution in [0, 0.1) is 0 Å². The van der Waals surface area contributed by atoms with Crippen LogP contribution >= 0.6 is 0 Å². The van der Waals surface area contributed by atoms with E-state index in [0.717, 1.165) is 93.5 Å². The monoisotopic (exact) mass is 638 g/mol. The smallest absolute Gasteiger partial charge is 0.161 e. The molecule has 0 radical (unpaired) electrons. The Morgan fingerprint density at radius 2 is 1.08 bits per heavy atom. The lowest BCUT2D eigenvalue weighted by Gasteiger charge is -2.12. The van der Waals surface area contributed by atoms with Crippen molar-refractivity contribution in [2.24, 2.45) is 0 Å². The maximum atomic E-state index is 6.62. The van der Waals surface area contributed by atoms with E-state index in [9.17, 15) is 0 Å². The lowest BCUT2D eigenvalue weighted by Crippen LogP contribution is -1.96. The summed E-state index contributed by atoms with van der Waals surface area (Å²) in [4.78, 5) is 10.5. The summed E-state index contributed by atoms with van der Waals surface area (Å²) in [6, 6.07) is 54.8. The van der Waals surface area contributed by atoms with Gasteiger partial charge < -0.3 is 8.83 Å². The molecular formula is C46H26N2O2. The molecule has 4 heteroatoms. The average Bonchev–Trinajstić information content (AvgIpc) is 3.75. The molecule has 3 aromatic heterocycles. The number of aromatic nitrogens is 2. The maximum absolute atomic E-state index is 6.62. The van der Waals surface area contributed by atoms with E-state index in [1.54, 1.807) is 0 Å². The van der Waals surface area contributed by atoms with Crippen molar-refractivity contribution in [2.75, 3.05) is 0 Å². The van der Waals surface area contributed by atoms with Crippen molar-refractivity contribution in [1.82, 2.24) is 9.97 Å². The third-order valence-corrected chi connectivity index (χ3v) is 10.1. The number of rotatable bonds is 3. The van der Waals surface area contributed by atoms with Crippen molar-refractivity contribution >= 4 is 76.3 Å². The van der Waals surface area contributed by atoms with Gasteiger partial charge in [0.2, 0.25) is 0 Å². The SMILES string of the molecule is c1ccc(-c2ccc3c(c2)oc2c4ccccc4c(-c4nc(-c5ccc6c(c5)oc5ccc7ccccc7c56)c5ccccc5n4)cc32)cc1. The van der Waals surface area contributed by atoms with Crippen molar-refractivity contribution in [1.29, 1.82) is 0 Å². The second-order valence-electron chi connectivity index (χ2n) is 12.9. The van der Waals surface area contributed by atoms with Crippen molar-refractivity contribution in [3.8, 4) is 33.8 Å². The molecule has 0 saturated carbocycles. The Kier molecular flexibility index (Phi) is 5.63. The first-order valence-corrected chi connectivity index (χ1v) is 16.8. The summed E-state index contributed by atoms with van der Waals surface area (Å²) in [6.45, 7) is 0. The molecule has 0 amide bonds. The normalized spacial score (nSPS) is 12.0. The molecule has 3 heterocycles. The van der Waals surface area contributed by atoms with Gasteiger partial charge in [-0.1, -0.05) is 115 Å². The van der Waals surface area contributed by atoms with Crippen molar-refractivity contribution in [3.63, 3.8) is 0 Å². The average molecular weight is 639 g/mol. The van der Waals surface area contributed by atoms with Gasteiger partial charge >= 0.3 is 0 Å². The summed E-state index contributed by atoms with van der Waals surface area (Å²) in [5.74, 6) is 0.669. The quantitative estimate of drug-likeness (QED) is 0.193. The Morgan fingerprint density at radius 3 is 1.98 bits per heavy atom. The van der Waals surface area contributed by atoms with Gasteiger partial charge in [0.1, 0.15) is 22.3 Å². The zero-order valence-electron chi connectivity index (χ0n) is 26.7. The van der Waals surface area contributed by atoms with Crippen molar-refractivity contribution < 1.29 is 8.83 Å². The third kappa shape index (κ3) is 3.99. The molecule has 11 aromatic rings. The topological polar surface area (TPSA) is 52.1 Å². The van der Waals surface area contributed by atoms with E-state index < -0.39 is 0 Å². The van der Waals surface area contributed by atoms with Crippen LogP contribution < -0.4 is 0 Å². The van der Waals surface area contributed by atoms with Gasteiger partial charge in [-0.05, 0) is 69.8 Å². The second kappa shape index (κ2) is 10.4. The number of fused-ring (bicyclic) bond motifs is 11. The molecule has 0 spiro atoms. The molecule has 232 valence electrons. The fraction of sp³-hybridized carbons (Fsp3) is 0. The number of hydrogen-bond acceptors (Lipinski definition) is 4. The highest BCUT2D eigenvalue weighted by atomic mass is 16.3. The molecule has 0 aliphatic carbocycles. The highest BCUT2D eigenvalue weighted by Gasteiger charge is 2.20. The number of hydrogen-bond donors (Lipinski definition) is 0. The Balaban J connectivity index is 1.14. The molecule has 11 rings (SSSR count). The summed E-state index contributed by atoms with van der Waals surface area (Å²) in [5, 5.41) is 9.80. The summed E-state index contributed by atoms with van der Waals surface area (Å²) in [6.07, 6.45) is 0. The Morgan fingerprint density at radius 1 is 0.380 bits per heavy atom. The summed E-state index contributed by atoms with van der Waals surface area (Å²) in [5.41, 5.74) is 9.43. The largest absolute Gasteiger partial charge is 0.456 e. The minimum absolute atomic E-state index is 0.669. The lowest BCUT2D eigenvalue weighted by atomic mass is 9.98. The number of para-hydroxylation sites is 1. The Labute approximate surface area is 285 Å². The fourth-order valence-electron chi connectivity index (χ4n) is 7.70. The van der Waals surface area contributed by atoms with Gasteiger partial charge in [0.25, 0.3) is 0 Å². The van der Waals surface area contributed by atoms with Gasteiger partial charge in [-0.3, -0.25) is 0 Å². The first kappa shape index (κ1) is 27.2. The standard InChI is InChI=1S/C46H26N2O2/c1-2-10-27(11-3-1)29-18-21-33-37-26-38(32-14-6-7-15-34(32)45(37)50-41(33)24-29)46-47-39-17-9-8-16-35(39)44(48-46)30-19-22-36-42(25-30)49-40-23-20-28-12-4-5-13-31(28)43(36)40/h1-26H. The molecule has 0 atom stereocenters. The minimum Gasteiger partial charge on any atom is -0.456 e. The predicted molar refractivity (Wildman–Crippen MR) is 205 cm³/mol. The number of furan rings is 2. The van der Waals surface area contributed by atoms with E-state index in [2.05, 4.69) is 140 Å². The van der Waals surface area contributed by atoms with E-state index in [1.807, 2.05) is 18.2 Å². The van der Waals surface area contributed by atoms with Gasteiger partial charge in [-0.15, -0.1) is 0 Å². The van der Waals surface area contributed by atoms with Crippen LogP contribution in [0.2, 0.25) is 0 Å². The van der Waals surface area contributed by atoms with Gasteiger partial charge in [-0.2, -0.15) is 0 Å². The van der Waals surface area contributed by atoms with E-state index in [0.29, 0.717) is 5.82 Å². The molecule has 4 nitrogen and oxygen atoms in total. The highest BCUT2D eigenvalue weighted by molar-refractivity contribution is 6.20. The molecule has 0 N–H and O–H groups in total. The Hall–Kier alpha value is -6.78. The molecule has 50 heavy (non-hydrogen) atoms. The molecule has 0 unspecified atom stereocenters. The minimum atomic E-state index is 0.669. The van der Waals surface area contributed by atoms with Crippen molar-refractivity contribution in [2.45, 2.75) is 0 Å². The maximum Gasteiger partial charge on any atom is 0.161 e. The first-order chi connectivity index (χ1) is 24.8. The zero-order chi connectivity index (χ0) is 32.8. The highest BCUT2D eigenvalue weighted by Crippen LogP contribution is 2.42. The Bertz CT molecular complexity index is 3150. The van der Waals surface area contributed by atoms with Crippen LogP contribution in [0.5, 0.6) is 0 Å².